The Hall–Kier alpha value is -1.69. The number of rotatable bonds is 3. The fraction of sp³-hybridized carbons (Fsp3) is 0. The fourth-order valence-corrected chi connectivity index (χ4v) is 3.08. The number of nitrogens with zero attached hydrogens (tertiary/aromatic N) is 2. The van der Waals surface area contributed by atoms with Gasteiger partial charge in [0.2, 0.25) is 0 Å². The van der Waals surface area contributed by atoms with Gasteiger partial charge >= 0.3 is 0 Å². The maximum atomic E-state index is 13.2. The predicted octanol–water partition coefficient (Wildman–Crippen LogP) is 3.31. The van der Waals surface area contributed by atoms with Crippen molar-refractivity contribution in [2.45, 2.75) is 4.90 Å². The molecule has 0 atom stereocenters. The van der Waals surface area contributed by atoms with Gasteiger partial charge in [-0.3, -0.25) is 4.72 Å². The predicted molar refractivity (Wildman–Crippen MR) is 78.9 cm³/mol. The van der Waals surface area contributed by atoms with Crippen molar-refractivity contribution < 1.29 is 12.8 Å². The largest absolute Gasteiger partial charge is 0.276 e. The van der Waals surface area contributed by atoms with Crippen LogP contribution < -0.4 is 4.72 Å². The molecule has 108 valence electrons. The molecule has 1 aromatic heterocycles. The Morgan fingerprint density at radius 1 is 1.38 bits per heavy atom. The summed E-state index contributed by atoms with van der Waals surface area (Å²) in [6.45, 7) is 0. The highest BCUT2D eigenvalue weighted by molar-refractivity contribution is 9.10. The van der Waals surface area contributed by atoms with Crippen molar-refractivity contribution >= 4 is 43.2 Å². The Bertz CT molecular complexity index is 852. The molecule has 2 aromatic rings. The number of aromatic nitrogens is 1. The molecule has 0 bridgehead atoms. The summed E-state index contributed by atoms with van der Waals surface area (Å²) in [4.78, 5) is 3.53. The van der Waals surface area contributed by atoms with Crippen LogP contribution in [0.5, 0.6) is 0 Å². The van der Waals surface area contributed by atoms with Gasteiger partial charge < -0.3 is 0 Å². The summed E-state index contributed by atoms with van der Waals surface area (Å²) in [5.41, 5.74) is -0.301. The Morgan fingerprint density at radius 2 is 2.10 bits per heavy atom. The zero-order valence-electron chi connectivity index (χ0n) is 10.1. The number of hydrogen-bond donors (Lipinski definition) is 1. The Labute approximate surface area is 133 Å². The molecule has 1 aromatic carbocycles. The summed E-state index contributed by atoms with van der Waals surface area (Å²) in [6.07, 6.45) is 1.41. The summed E-state index contributed by atoms with van der Waals surface area (Å²) in [5, 5.41) is 8.70. The fourth-order valence-electron chi connectivity index (χ4n) is 1.46. The second kappa shape index (κ2) is 5.97. The van der Waals surface area contributed by atoms with Crippen LogP contribution in [0.3, 0.4) is 0 Å². The van der Waals surface area contributed by atoms with E-state index in [0.29, 0.717) is 4.47 Å². The minimum atomic E-state index is -4.01. The lowest BCUT2D eigenvalue weighted by molar-refractivity contribution is 0.599. The van der Waals surface area contributed by atoms with Gasteiger partial charge in [-0.25, -0.2) is 17.8 Å². The molecule has 0 fully saturated rings. The number of halogens is 3. The minimum Gasteiger partial charge on any atom is -0.276 e. The van der Waals surface area contributed by atoms with E-state index in [2.05, 4.69) is 25.6 Å². The van der Waals surface area contributed by atoms with Crippen LogP contribution in [0.25, 0.3) is 0 Å². The summed E-state index contributed by atoms with van der Waals surface area (Å²) < 4.78 is 40.4. The average molecular weight is 391 g/mol. The van der Waals surface area contributed by atoms with E-state index < -0.39 is 15.8 Å². The lowest BCUT2D eigenvalue weighted by Gasteiger charge is -2.09. The smallest absolute Gasteiger partial charge is 0.262 e. The first kappa shape index (κ1) is 15.7. The van der Waals surface area contributed by atoms with Crippen LogP contribution >= 0.6 is 27.5 Å². The zero-order valence-corrected chi connectivity index (χ0v) is 13.3. The molecular weight excluding hydrogens is 385 g/mol. The molecule has 0 saturated carbocycles. The second-order valence-electron chi connectivity index (χ2n) is 3.85. The Morgan fingerprint density at radius 3 is 2.76 bits per heavy atom. The number of nitriles is 1. The molecule has 0 aliphatic carbocycles. The first-order valence-electron chi connectivity index (χ1n) is 5.37. The topological polar surface area (TPSA) is 82.8 Å². The van der Waals surface area contributed by atoms with E-state index in [-0.39, 0.29) is 21.3 Å². The first-order valence-corrected chi connectivity index (χ1v) is 8.02. The zero-order chi connectivity index (χ0) is 15.6. The average Bonchev–Trinajstić information content (AvgIpc) is 2.43. The molecule has 0 radical (unpaired) electrons. The van der Waals surface area contributed by atoms with Crippen LogP contribution in [0.4, 0.5) is 10.1 Å². The lowest BCUT2D eigenvalue weighted by Crippen LogP contribution is -2.14. The van der Waals surface area contributed by atoms with Crippen molar-refractivity contribution in [3.05, 3.63) is 51.5 Å². The van der Waals surface area contributed by atoms with Gasteiger partial charge in [0.05, 0.1) is 16.1 Å². The van der Waals surface area contributed by atoms with Crippen LogP contribution in [0.2, 0.25) is 5.15 Å². The number of nitrogens with one attached hydrogen (secondary N) is 1. The van der Waals surface area contributed by atoms with Gasteiger partial charge in [-0.2, -0.15) is 5.26 Å². The molecule has 9 heteroatoms. The highest BCUT2D eigenvalue weighted by Crippen LogP contribution is 2.26. The number of pyridine rings is 1. The third-order valence-electron chi connectivity index (χ3n) is 2.42. The third-order valence-corrected chi connectivity index (χ3v) is 4.52. The van der Waals surface area contributed by atoms with E-state index in [9.17, 15) is 12.8 Å². The maximum absolute atomic E-state index is 13.2. The van der Waals surface area contributed by atoms with Gasteiger partial charge in [-0.05, 0) is 40.2 Å². The van der Waals surface area contributed by atoms with E-state index in [1.165, 1.54) is 12.3 Å². The number of anilines is 1. The molecule has 0 spiro atoms. The van der Waals surface area contributed by atoms with Crippen molar-refractivity contribution in [3.8, 4) is 6.07 Å². The quantitative estimate of drug-likeness (QED) is 0.815. The number of hydrogen-bond acceptors (Lipinski definition) is 4. The lowest BCUT2D eigenvalue weighted by atomic mass is 10.2. The first-order chi connectivity index (χ1) is 9.83. The molecule has 0 amide bonds. The SMILES string of the molecule is N#Cc1cc(S(=O)(=O)Nc2cc(Br)cnc2Cl)ccc1F. The van der Waals surface area contributed by atoms with Crippen LogP contribution in [-0.4, -0.2) is 13.4 Å². The molecule has 0 aliphatic rings. The monoisotopic (exact) mass is 389 g/mol. The summed E-state index contributed by atoms with van der Waals surface area (Å²) in [6, 6.07) is 5.92. The van der Waals surface area contributed by atoms with Gasteiger partial charge in [0.15, 0.2) is 5.15 Å². The minimum absolute atomic E-state index is 0.0376. The van der Waals surface area contributed by atoms with Crippen molar-refractivity contribution in [1.29, 1.82) is 5.26 Å². The molecule has 0 saturated heterocycles. The van der Waals surface area contributed by atoms with Gasteiger partial charge in [-0.1, -0.05) is 11.6 Å². The van der Waals surface area contributed by atoms with Gasteiger partial charge in [-0.15, -0.1) is 0 Å². The molecule has 21 heavy (non-hydrogen) atoms. The van der Waals surface area contributed by atoms with Crippen LogP contribution in [0.15, 0.2) is 39.8 Å². The van der Waals surface area contributed by atoms with Crippen molar-refractivity contribution in [1.82, 2.24) is 4.98 Å². The van der Waals surface area contributed by atoms with Crippen LogP contribution in [-0.2, 0) is 10.0 Å². The van der Waals surface area contributed by atoms with Crippen molar-refractivity contribution in [3.63, 3.8) is 0 Å². The number of sulfonamides is 1. The van der Waals surface area contributed by atoms with E-state index in [0.717, 1.165) is 18.2 Å². The molecule has 0 aliphatic heterocycles. The summed E-state index contributed by atoms with van der Waals surface area (Å²) in [5.74, 6) is -0.793. The van der Waals surface area contributed by atoms with Gasteiger partial charge in [0.25, 0.3) is 10.0 Å². The summed E-state index contributed by atoms with van der Waals surface area (Å²) in [7, 11) is -4.01. The van der Waals surface area contributed by atoms with Crippen molar-refractivity contribution in [2.24, 2.45) is 0 Å². The third kappa shape index (κ3) is 3.50. The van der Waals surface area contributed by atoms with Crippen LogP contribution in [0.1, 0.15) is 5.56 Å². The molecule has 1 N–H and O–H groups in total. The number of benzene rings is 1. The maximum Gasteiger partial charge on any atom is 0.262 e. The van der Waals surface area contributed by atoms with Crippen LogP contribution in [0, 0.1) is 17.1 Å². The Kier molecular flexibility index (Phi) is 4.46. The van der Waals surface area contributed by atoms with E-state index >= 15 is 0 Å². The molecule has 0 unspecified atom stereocenters. The molecule has 1 heterocycles. The standard InChI is InChI=1S/C12H6BrClFN3O2S/c13-8-4-11(12(14)17-6-8)18-21(19,20)9-1-2-10(15)7(3-9)5-16/h1-4,6,18H. The van der Waals surface area contributed by atoms with Gasteiger partial charge in [0, 0.05) is 10.7 Å². The Balaban J connectivity index is 2.44. The second-order valence-corrected chi connectivity index (χ2v) is 6.81. The van der Waals surface area contributed by atoms with Gasteiger partial charge in [0.1, 0.15) is 11.9 Å². The van der Waals surface area contributed by atoms with E-state index in [1.54, 1.807) is 6.07 Å². The van der Waals surface area contributed by atoms with E-state index in [4.69, 9.17) is 16.9 Å². The highest BCUT2D eigenvalue weighted by Gasteiger charge is 2.18. The normalized spacial score (nSPS) is 11.0. The highest BCUT2D eigenvalue weighted by atomic mass is 79.9. The van der Waals surface area contributed by atoms with Crippen molar-refractivity contribution in [2.75, 3.05) is 4.72 Å². The molecular formula is C12H6BrClFN3O2S. The summed E-state index contributed by atoms with van der Waals surface area (Å²) >= 11 is 8.95. The van der Waals surface area contributed by atoms with E-state index in [1.807, 2.05) is 0 Å². The molecule has 5 nitrogen and oxygen atoms in total. The molecule has 2 rings (SSSR count).